The lowest BCUT2D eigenvalue weighted by atomic mass is 9.84. The Labute approximate surface area is 191 Å². The first-order valence-corrected chi connectivity index (χ1v) is 11.0. The van der Waals surface area contributed by atoms with E-state index in [2.05, 4.69) is 0 Å². The third-order valence-electron chi connectivity index (χ3n) is 6.44. The highest BCUT2D eigenvalue weighted by atomic mass is 16.7. The van der Waals surface area contributed by atoms with Crippen molar-refractivity contribution in [3.05, 3.63) is 0 Å². The van der Waals surface area contributed by atoms with Crippen LogP contribution in [0.15, 0.2) is 0 Å². The van der Waals surface area contributed by atoms with E-state index in [1.165, 1.54) is 0 Å². The summed E-state index contributed by atoms with van der Waals surface area (Å²) >= 11 is 0. The fourth-order valence-corrected chi connectivity index (χ4v) is 4.48. The number of aliphatic hydroxyl groups is 6. The summed E-state index contributed by atoms with van der Waals surface area (Å²) in [4.78, 5) is 1.77. The molecule has 2 heterocycles. The minimum atomic E-state index is -1.45. The second-order valence-corrected chi connectivity index (χ2v) is 9.33. The molecular weight excluding hydrogens is 444 g/mol. The summed E-state index contributed by atoms with van der Waals surface area (Å²) in [5, 5.41) is 61.1. The van der Waals surface area contributed by atoms with Gasteiger partial charge in [-0.15, -0.1) is 0 Å². The van der Waals surface area contributed by atoms with Crippen molar-refractivity contribution in [1.29, 1.82) is 0 Å². The number of likely N-dealkylation sites (N-methyl/N-ethyl adjacent to an activating group) is 1. The number of aliphatic hydroxyl groups excluding tert-OH is 6. The van der Waals surface area contributed by atoms with Crippen LogP contribution in [-0.2, 0) is 18.9 Å². The maximum Gasteiger partial charge on any atom is 0.187 e. The summed E-state index contributed by atoms with van der Waals surface area (Å²) in [6.45, 7) is -0.278. The van der Waals surface area contributed by atoms with Crippen LogP contribution in [0.1, 0.15) is 6.42 Å². The quantitative estimate of drug-likeness (QED) is 0.164. The molecule has 3 fully saturated rings. The standard InChI is InChI=1S/C19H38N4O10/c1-23(2)4-8-12(26)15(29)19(30-8)33-17-11(25)6(20)3-7(21)16(17)32-18-10(22)14(28)13(27)9(5-24)31-18/h6-19,24-29H,3-5,20-22H2,1-2H3/t6-,7?,8-,9?,10?,11?,12?,13-,14?,15?,16-,17?,18-,19+/m1/s1. The predicted octanol–water partition coefficient (Wildman–Crippen LogP) is -6.05. The Hall–Kier alpha value is -0.560. The molecule has 0 bridgehead atoms. The lowest BCUT2D eigenvalue weighted by molar-refractivity contribution is -0.310. The van der Waals surface area contributed by atoms with E-state index in [9.17, 15) is 30.6 Å². The first kappa shape index (κ1) is 27.0. The molecule has 3 rings (SSSR count). The molecule has 3 aliphatic rings. The van der Waals surface area contributed by atoms with E-state index in [4.69, 9.17) is 36.1 Å². The second kappa shape index (κ2) is 11.0. The fourth-order valence-electron chi connectivity index (χ4n) is 4.48. The first-order chi connectivity index (χ1) is 15.5. The van der Waals surface area contributed by atoms with Crippen molar-refractivity contribution >= 4 is 0 Å². The van der Waals surface area contributed by atoms with E-state index in [1.807, 2.05) is 0 Å². The van der Waals surface area contributed by atoms with Gasteiger partial charge in [-0.1, -0.05) is 0 Å². The minimum Gasteiger partial charge on any atom is -0.394 e. The highest BCUT2D eigenvalue weighted by Crippen LogP contribution is 2.32. The van der Waals surface area contributed by atoms with Crippen LogP contribution in [0.25, 0.3) is 0 Å². The van der Waals surface area contributed by atoms with Crippen LogP contribution < -0.4 is 17.2 Å². The van der Waals surface area contributed by atoms with Crippen LogP contribution in [0, 0.1) is 0 Å². The Morgan fingerprint density at radius 2 is 1.33 bits per heavy atom. The zero-order valence-electron chi connectivity index (χ0n) is 18.7. The van der Waals surface area contributed by atoms with E-state index in [1.54, 1.807) is 19.0 Å². The van der Waals surface area contributed by atoms with Crippen molar-refractivity contribution in [3.8, 4) is 0 Å². The molecule has 2 saturated heterocycles. The summed E-state index contributed by atoms with van der Waals surface area (Å²) in [6, 6.07) is -2.73. The number of nitrogens with zero attached hydrogens (tertiary/aromatic N) is 1. The van der Waals surface area contributed by atoms with Crippen LogP contribution in [0.2, 0.25) is 0 Å². The van der Waals surface area contributed by atoms with E-state index in [0.29, 0.717) is 6.54 Å². The third kappa shape index (κ3) is 5.65. The molecule has 0 spiro atoms. The first-order valence-electron chi connectivity index (χ1n) is 11.0. The van der Waals surface area contributed by atoms with Gasteiger partial charge in [0.05, 0.1) is 18.8 Å². The van der Waals surface area contributed by atoms with Gasteiger partial charge in [-0.3, -0.25) is 0 Å². The van der Waals surface area contributed by atoms with Gasteiger partial charge in [0.25, 0.3) is 0 Å². The number of hydrogen-bond acceptors (Lipinski definition) is 14. The van der Waals surface area contributed by atoms with Gasteiger partial charge in [0.2, 0.25) is 0 Å². The van der Waals surface area contributed by atoms with Gasteiger partial charge in [0.15, 0.2) is 12.6 Å². The molecule has 14 nitrogen and oxygen atoms in total. The Bertz CT molecular complexity index is 633. The van der Waals surface area contributed by atoms with Crippen LogP contribution in [0.5, 0.6) is 0 Å². The second-order valence-electron chi connectivity index (χ2n) is 9.33. The van der Waals surface area contributed by atoms with Crippen molar-refractivity contribution < 1.29 is 49.6 Å². The lowest BCUT2D eigenvalue weighted by Gasteiger charge is -2.47. The molecule has 0 aromatic rings. The minimum absolute atomic E-state index is 0.155. The molecule has 14 heteroatoms. The average Bonchev–Trinajstić information content (AvgIpc) is 3.01. The molecule has 194 valence electrons. The fraction of sp³-hybridized carbons (Fsp3) is 1.00. The molecule has 0 aromatic carbocycles. The van der Waals surface area contributed by atoms with E-state index in [0.717, 1.165) is 0 Å². The molecule has 12 N–H and O–H groups in total. The number of ether oxygens (including phenoxy) is 4. The van der Waals surface area contributed by atoms with Gasteiger partial charge in [0, 0.05) is 18.6 Å². The van der Waals surface area contributed by atoms with Gasteiger partial charge >= 0.3 is 0 Å². The molecular formula is C19H38N4O10. The van der Waals surface area contributed by atoms with Gasteiger partial charge in [-0.25, -0.2) is 0 Å². The summed E-state index contributed by atoms with van der Waals surface area (Å²) in [6.07, 6.45) is -13.4. The Balaban J connectivity index is 1.77. The smallest absolute Gasteiger partial charge is 0.187 e. The largest absolute Gasteiger partial charge is 0.394 e. The number of nitrogens with two attached hydrogens (primary N) is 3. The maximum atomic E-state index is 10.7. The highest BCUT2D eigenvalue weighted by Gasteiger charge is 2.52. The van der Waals surface area contributed by atoms with Crippen molar-refractivity contribution in [3.63, 3.8) is 0 Å². The van der Waals surface area contributed by atoms with Crippen LogP contribution in [0.3, 0.4) is 0 Å². The summed E-state index contributed by atoms with van der Waals surface area (Å²) in [5.74, 6) is 0. The summed E-state index contributed by atoms with van der Waals surface area (Å²) in [7, 11) is 3.56. The Morgan fingerprint density at radius 3 is 1.94 bits per heavy atom. The van der Waals surface area contributed by atoms with Gasteiger partial charge in [-0.2, -0.15) is 0 Å². The SMILES string of the molecule is CN(C)C[C@H]1O[C@@H](OC2C(O)[C@H](N)CC(N)[C@H]2O[C@H]2OC(CO)[C@@H](O)C(O)C2N)C(O)C1O. The van der Waals surface area contributed by atoms with Crippen molar-refractivity contribution in [2.24, 2.45) is 17.2 Å². The third-order valence-corrected chi connectivity index (χ3v) is 6.44. The van der Waals surface area contributed by atoms with Crippen LogP contribution >= 0.6 is 0 Å². The monoisotopic (exact) mass is 482 g/mol. The Morgan fingerprint density at radius 1 is 0.758 bits per heavy atom. The van der Waals surface area contributed by atoms with E-state index >= 15 is 0 Å². The molecule has 8 unspecified atom stereocenters. The Kier molecular flexibility index (Phi) is 9.02. The normalized spacial score (nSPS) is 51.3. The summed E-state index contributed by atoms with van der Waals surface area (Å²) in [5.41, 5.74) is 18.2. The maximum absolute atomic E-state index is 10.7. The van der Waals surface area contributed by atoms with Crippen LogP contribution in [-0.4, -0.2) is 148 Å². The summed E-state index contributed by atoms with van der Waals surface area (Å²) < 4.78 is 22.9. The van der Waals surface area contributed by atoms with Crippen molar-refractivity contribution in [2.75, 3.05) is 27.2 Å². The molecule has 1 aliphatic carbocycles. The average molecular weight is 483 g/mol. The van der Waals surface area contributed by atoms with Crippen LogP contribution in [0.4, 0.5) is 0 Å². The predicted molar refractivity (Wildman–Crippen MR) is 111 cm³/mol. The zero-order valence-corrected chi connectivity index (χ0v) is 18.7. The van der Waals surface area contributed by atoms with Crippen molar-refractivity contribution in [1.82, 2.24) is 4.90 Å². The van der Waals surface area contributed by atoms with Gasteiger partial charge in [-0.05, 0) is 20.5 Å². The molecule has 33 heavy (non-hydrogen) atoms. The van der Waals surface area contributed by atoms with E-state index in [-0.39, 0.29) is 6.42 Å². The molecule has 0 radical (unpaired) electrons. The molecule has 2 aliphatic heterocycles. The van der Waals surface area contributed by atoms with E-state index < -0.39 is 92.2 Å². The van der Waals surface area contributed by atoms with Gasteiger partial charge in [0.1, 0.15) is 48.8 Å². The number of hydrogen-bond donors (Lipinski definition) is 9. The molecule has 0 aromatic heterocycles. The highest BCUT2D eigenvalue weighted by molar-refractivity contribution is 5.01. The molecule has 1 saturated carbocycles. The van der Waals surface area contributed by atoms with Crippen molar-refractivity contribution in [2.45, 2.75) is 92.1 Å². The topological polar surface area (TPSA) is 240 Å². The molecule has 0 amide bonds. The lowest BCUT2D eigenvalue weighted by Crippen LogP contribution is -2.68. The van der Waals surface area contributed by atoms with Gasteiger partial charge < -0.3 is 71.7 Å². The molecule has 14 atom stereocenters. The number of rotatable bonds is 7. The zero-order chi connectivity index (χ0) is 24.6.